The van der Waals surface area contributed by atoms with Crippen molar-refractivity contribution in [3.05, 3.63) is 58.4 Å². The minimum absolute atomic E-state index is 0.0268. The second kappa shape index (κ2) is 4.02. The summed E-state index contributed by atoms with van der Waals surface area (Å²) in [6, 6.07) is 12.5. The van der Waals surface area contributed by atoms with Crippen LogP contribution in [0.15, 0.2) is 48.0 Å². The van der Waals surface area contributed by atoms with Crippen LogP contribution in [0, 0.1) is 0 Å². The SMILES string of the molecule is Cn1cc([C@@H](N)c2cccs2)c2ccccc21. The molecule has 86 valence electrons. The molecule has 0 amide bonds. The minimum Gasteiger partial charge on any atom is -0.350 e. The minimum atomic E-state index is -0.0268. The Labute approximate surface area is 104 Å². The predicted molar refractivity (Wildman–Crippen MR) is 73.3 cm³/mol. The molecule has 2 nitrogen and oxygen atoms in total. The smallest absolute Gasteiger partial charge is 0.0667 e. The normalized spacial score (nSPS) is 13.1. The van der Waals surface area contributed by atoms with Crippen LogP contribution in [0.5, 0.6) is 0 Å². The average molecular weight is 242 g/mol. The first-order chi connectivity index (χ1) is 8.27. The first kappa shape index (κ1) is 10.6. The van der Waals surface area contributed by atoms with Gasteiger partial charge in [-0.15, -0.1) is 11.3 Å². The van der Waals surface area contributed by atoms with Crippen LogP contribution in [0.4, 0.5) is 0 Å². The van der Waals surface area contributed by atoms with Crippen LogP contribution in [-0.2, 0) is 7.05 Å². The molecule has 0 aliphatic heterocycles. The molecule has 0 unspecified atom stereocenters. The van der Waals surface area contributed by atoms with E-state index in [1.807, 2.05) is 6.07 Å². The number of nitrogens with zero attached hydrogens (tertiary/aromatic N) is 1. The zero-order valence-corrected chi connectivity index (χ0v) is 10.4. The number of nitrogens with two attached hydrogens (primary N) is 1. The van der Waals surface area contributed by atoms with Crippen molar-refractivity contribution in [3.8, 4) is 0 Å². The molecule has 1 aromatic carbocycles. The molecule has 3 rings (SSSR count). The van der Waals surface area contributed by atoms with Crippen LogP contribution in [0.1, 0.15) is 16.5 Å². The number of hydrogen-bond donors (Lipinski definition) is 1. The Bertz CT molecular complexity index is 637. The lowest BCUT2D eigenvalue weighted by Gasteiger charge is -2.07. The molecule has 17 heavy (non-hydrogen) atoms. The monoisotopic (exact) mass is 242 g/mol. The van der Waals surface area contributed by atoms with Gasteiger partial charge in [-0.25, -0.2) is 0 Å². The highest BCUT2D eigenvalue weighted by molar-refractivity contribution is 7.10. The van der Waals surface area contributed by atoms with E-state index in [1.54, 1.807) is 11.3 Å². The highest BCUT2D eigenvalue weighted by Gasteiger charge is 2.15. The quantitative estimate of drug-likeness (QED) is 0.734. The lowest BCUT2D eigenvalue weighted by atomic mass is 10.1. The lowest BCUT2D eigenvalue weighted by molar-refractivity contribution is 0.878. The molecule has 2 N–H and O–H groups in total. The molecule has 0 spiro atoms. The van der Waals surface area contributed by atoms with Gasteiger partial charge in [-0.05, 0) is 23.1 Å². The standard InChI is InChI=1S/C14H14N2S/c1-16-9-11(10-5-2-3-6-12(10)16)14(15)13-7-4-8-17-13/h2-9,14H,15H2,1H3/t14-/m1/s1. The molecule has 0 bridgehead atoms. The summed E-state index contributed by atoms with van der Waals surface area (Å²) in [5.41, 5.74) is 8.77. The average Bonchev–Trinajstić information content (AvgIpc) is 2.97. The number of para-hydroxylation sites is 1. The first-order valence-corrected chi connectivity index (χ1v) is 6.48. The summed E-state index contributed by atoms with van der Waals surface area (Å²) in [4.78, 5) is 1.21. The number of benzene rings is 1. The van der Waals surface area contributed by atoms with Gasteiger partial charge in [0.05, 0.1) is 6.04 Å². The molecule has 2 heterocycles. The zero-order valence-electron chi connectivity index (χ0n) is 9.63. The summed E-state index contributed by atoms with van der Waals surface area (Å²) < 4.78 is 2.14. The summed E-state index contributed by atoms with van der Waals surface area (Å²) in [7, 11) is 2.06. The molecule has 0 saturated carbocycles. The van der Waals surface area contributed by atoms with Gasteiger partial charge in [0.15, 0.2) is 0 Å². The van der Waals surface area contributed by atoms with Gasteiger partial charge in [0.25, 0.3) is 0 Å². The van der Waals surface area contributed by atoms with Crippen LogP contribution in [0.25, 0.3) is 10.9 Å². The van der Waals surface area contributed by atoms with E-state index in [0.717, 1.165) is 0 Å². The summed E-state index contributed by atoms with van der Waals surface area (Å²) in [5.74, 6) is 0. The largest absolute Gasteiger partial charge is 0.350 e. The number of rotatable bonds is 2. The van der Waals surface area contributed by atoms with Gasteiger partial charge in [0.2, 0.25) is 0 Å². The van der Waals surface area contributed by atoms with Crippen molar-refractivity contribution in [1.82, 2.24) is 4.57 Å². The van der Waals surface area contributed by atoms with E-state index >= 15 is 0 Å². The van der Waals surface area contributed by atoms with E-state index in [2.05, 4.69) is 53.5 Å². The highest BCUT2D eigenvalue weighted by atomic mass is 32.1. The fraction of sp³-hybridized carbons (Fsp3) is 0.143. The third kappa shape index (κ3) is 1.68. The van der Waals surface area contributed by atoms with Gasteiger partial charge in [-0.3, -0.25) is 0 Å². The third-order valence-corrected chi connectivity index (χ3v) is 4.07. The van der Waals surface area contributed by atoms with Gasteiger partial charge >= 0.3 is 0 Å². The molecule has 2 aromatic heterocycles. The fourth-order valence-corrected chi connectivity index (χ4v) is 2.99. The fourth-order valence-electron chi connectivity index (χ4n) is 2.24. The Morgan fingerprint density at radius 3 is 2.76 bits per heavy atom. The van der Waals surface area contributed by atoms with Crippen LogP contribution < -0.4 is 5.73 Å². The highest BCUT2D eigenvalue weighted by Crippen LogP contribution is 2.30. The van der Waals surface area contributed by atoms with Crippen molar-refractivity contribution in [2.24, 2.45) is 12.8 Å². The molecule has 0 aliphatic carbocycles. The van der Waals surface area contributed by atoms with Crippen molar-refractivity contribution < 1.29 is 0 Å². The van der Waals surface area contributed by atoms with Crippen molar-refractivity contribution >= 4 is 22.2 Å². The molecule has 0 fully saturated rings. The topological polar surface area (TPSA) is 30.9 Å². The Hall–Kier alpha value is -1.58. The van der Waals surface area contributed by atoms with E-state index in [-0.39, 0.29) is 6.04 Å². The number of aryl methyl sites for hydroxylation is 1. The lowest BCUT2D eigenvalue weighted by Crippen LogP contribution is -2.09. The van der Waals surface area contributed by atoms with Crippen LogP contribution >= 0.6 is 11.3 Å². The number of hydrogen-bond acceptors (Lipinski definition) is 2. The molecule has 3 aromatic rings. The maximum absolute atomic E-state index is 6.34. The number of thiophene rings is 1. The van der Waals surface area contributed by atoms with E-state index in [4.69, 9.17) is 5.73 Å². The Morgan fingerprint density at radius 2 is 2.00 bits per heavy atom. The van der Waals surface area contributed by atoms with Gasteiger partial charge in [-0.2, -0.15) is 0 Å². The van der Waals surface area contributed by atoms with E-state index < -0.39 is 0 Å². The van der Waals surface area contributed by atoms with Crippen molar-refractivity contribution in [1.29, 1.82) is 0 Å². The van der Waals surface area contributed by atoms with E-state index in [1.165, 1.54) is 21.3 Å². The summed E-state index contributed by atoms with van der Waals surface area (Å²) >= 11 is 1.71. The van der Waals surface area contributed by atoms with Gasteiger partial charge in [0.1, 0.15) is 0 Å². The second-order valence-electron chi connectivity index (χ2n) is 4.21. The van der Waals surface area contributed by atoms with Crippen LogP contribution in [0.2, 0.25) is 0 Å². The maximum atomic E-state index is 6.34. The van der Waals surface area contributed by atoms with Crippen LogP contribution in [-0.4, -0.2) is 4.57 Å². The first-order valence-electron chi connectivity index (χ1n) is 5.60. The van der Waals surface area contributed by atoms with Gasteiger partial charge < -0.3 is 10.3 Å². The summed E-state index contributed by atoms with van der Waals surface area (Å²) in [6.07, 6.45) is 2.13. The number of aromatic nitrogens is 1. The Morgan fingerprint density at radius 1 is 1.18 bits per heavy atom. The van der Waals surface area contributed by atoms with Crippen molar-refractivity contribution in [2.45, 2.75) is 6.04 Å². The summed E-state index contributed by atoms with van der Waals surface area (Å²) in [6.45, 7) is 0. The maximum Gasteiger partial charge on any atom is 0.0667 e. The van der Waals surface area contributed by atoms with Gasteiger partial charge in [-0.1, -0.05) is 24.3 Å². The molecule has 0 saturated heterocycles. The molecular formula is C14H14N2S. The van der Waals surface area contributed by atoms with E-state index in [9.17, 15) is 0 Å². The Kier molecular flexibility index (Phi) is 2.50. The van der Waals surface area contributed by atoms with Crippen LogP contribution in [0.3, 0.4) is 0 Å². The molecule has 0 radical (unpaired) electrons. The third-order valence-electron chi connectivity index (χ3n) is 3.11. The zero-order chi connectivity index (χ0) is 11.8. The summed E-state index contributed by atoms with van der Waals surface area (Å²) in [5, 5.41) is 3.32. The predicted octanol–water partition coefficient (Wildman–Crippen LogP) is 3.29. The number of fused-ring (bicyclic) bond motifs is 1. The van der Waals surface area contributed by atoms with Crippen molar-refractivity contribution in [2.75, 3.05) is 0 Å². The van der Waals surface area contributed by atoms with Gasteiger partial charge in [0, 0.05) is 29.0 Å². The molecular weight excluding hydrogens is 228 g/mol. The van der Waals surface area contributed by atoms with E-state index in [0.29, 0.717) is 0 Å². The Balaban J connectivity index is 2.18. The molecule has 1 atom stereocenters. The molecule has 0 aliphatic rings. The van der Waals surface area contributed by atoms with Crippen molar-refractivity contribution in [3.63, 3.8) is 0 Å². The molecule has 3 heteroatoms. The second-order valence-corrected chi connectivity index (χ2v) is 5.18.